The molecule has 0 aliphatic carbocycles. The molecule has 1 aromatic carbocycles. The molecule has 3 aromatic rings. The topological polar surface area (TPSA) is 87.7 Å². The summed E-state index contributed by atoms with van der Waals surface area (Å²) in [5.41, 5.74) is 2.15. The highest BCUT2D eigenvalue weighted by molar-refractivity contribution is 7.18. The summed E-state index contributed by atoms with van der Waals surface area (Å²) in [6.45, 7) is 4.28. The van der Waals surface area contributed by atoms with Crippen LogP contribution in [0.2, 0.25) is 0 Å². The lowest BCUT2D eigenvalue weighted by Crippen LogP contribution is -2.15. The number of aromatic nitrogens is 3. The second kappa shape index (κ2) is 6.76. The molecule has 2 heterocycles. The smallest absolute Gasteiger partial charge is 0.257 e. The molecule has 24 heavy (non-hydrogen) atoms. The molecule has 122 valence electrons. The molecule has 0 fully saturated rings. The first-order valence-corrected chi connectivity index (χ1v) is 8.28. The summed E-state index contributed by atoms with van der Waals surface area (Å²) in [5, 5.41) is 11.9. The molecule has 7 heteroatoms. The lowest BCUT2D eigenvalue weighted by molar-refractivity contribution is 0.102. The Kier molecular flexibility index (Phi) is 4.52. The first-order chi connectivity index (χ1) is 11.5. The van der Waals surface area contributed by atoms with Crippen LogP contribution in [0.3, 0.4) is 0 Å². The second-order valence-electron chi connectivity index (χ2n) is 5.58. The number of hydrogen-bond donors (Lipinski definition) is 2. The van der Waals surface area contributed by atoms with E-state index >= 15 is 0 Å². The Balaban J connectivity index is 1.75. The van der Waals surface area contributed by atoms with Gasteiger partial charge in [-0.2, -0.15) is 0 Å². The van der Waals surface area contributed by atoms with Crippen molar-refractivity contribution in [2.45, 2.75) is 19.8 Å². The Morgan fingerprint density at radius 3 is 2.58 bits per heavy atom. The van der Waals surface area contributed by atoms with Gasteiger partial charge in [-0.1, -0.05) is 49.4 Å². The van der Waals surface area contributed by atoms with Crippen molar-refractivity contribution in [1.82, 2.24) is 15.2 Å². The van der Waals surface area contributed by atoms with Gasteiger partial charge in [-0.3, -0.25) is 14.9 Å². The van der Waals surface area contributed by atoms with Gasteiger partial charge in [0.15, 0.2) is 0 Å². The first kappa shape index (κ1) is 16.1. The minimum Gasteiger partial charge on any atom is -0.329 e. The molecule has 0 spiro atoms. The Bertz CT molecular complexity index is 913. The van der Waals surface area contributed by atoms with Crippen molar-refractivity contribution in [3.8, 4) is 10.6 Å². The zero-order chi connectivity index (χ0) is 17.1. The van der Waals surface area contributed by atoms with Crippen LogP contribution in [0.25, 0.3) is 10.6 Å². The molecular weight excluding hydrogens is 324 g/mol. The molecule has 0 saturated heterocycles. The largest absolute Gasteiger partial charge is 0.329 e. The Morgan fingerprint density at radius 1 is 1.17 bits per heavy atom. The summed E-state index contributed by atoms with van der Waals surface area (Å²) >= 11 is 1.29. The van der Waals surface area contributed by atoms with Gasteiger partial charge >= 0.3 is 0 Å². The zero-order valence-corrected chi connectivity index (χ0v) is 14.1. The van der Waals surface area contributed by atoms with Crippen molar-refractivity contribution < 1.29 is 4.79 Å². The molecule has 0 aliphatic heterocycles. The highest BCUT2D eigenvalue weighted by atomic mass is 32.1. The summed E-state index contributed by atoms with van der Waals surface area (Å²) in [4.78, 5) is 25.8. The van der Waals surface area contributed by atoms with Gasteiger partial charge in [-0.15, -0.1) is 10.2 Å². The lowest BCUT2D eigenvalue weighted by Gasteiger charge is -2.04. The number of nitrogens with one attached hydrogen (secondary N) is 2. The monoisotopic (exact) mass is 340 g/mol. The van der Waals surface area contributed by atoms with Crippen LogP contribution in [0, 0.1) is 0 Å². The van der Waals surface area contributed by atoms with E-state index in [4.69, 9.17) is 0 Å². The number of carbonyl (C=O) groups excluding carboxylic acids is 1. The molecule has 2 N–H and O–H groups in total. The predicted octanol–water partition coefficient (Wildman–Crippen LogP) is 3.27. The molecule has 2 aromatic heterocycles. The Labute approximate surface area is 142 Å². The molecule has 0 unspecified atom stereocenters. The van der Waals surface area contributed by atoms with Crippen LogP contribution in [0.1, 0.15) is 35.7 Å². The predicted molar refractivity (Wildman–Crippen MR) is 94.4 cm³/mol. The summed E-state index contributed by atoms with van der Waals surface area (Å²) in [6.07, 6.45) is 1.43. The van der Waals surface area contributed by atoms with Crippen molar-refractivity contribution in [3.63, 3.8) is 0 Å². The molecule has 0 bridgehead atoms. The fraction of sp³-hybridized carbons (Fsp3) is 0.176. The normalized spacial score (nSPS) is 10.8. The number of benzene rings is 1. The van der Waals surface area contributed by atoms with Crippen LogP contribution in [0.15, 0.2) is 47.4 Å². The maximum Gasteiger partial charge on any atom is 0.257 e. The summed E-state index contributed by atoms with van der Waals surface area (Å²) < 4.78 is 0. The maximum atomic E-state index is 12.1. The summed E-state index contributed by atoms with van der Waals surface area (Å²) in [7, 11) is 0. The number of rotatable bonds is 4. The SMILES string of the molecule is CC(C)c1ccc(-c2nnc(NC(=O)c3cc[nH]c(=O)c3)s2)cc1. The van der Waals surface area contributed by atoms with Gasteiger partial charge in [0.2, 0.25) is 10.7 Å². The van der Waals surface area contributed by atoms with Crippen LogP contribution in [-0.2, 0) is 0 Å². The van der Waals surface area contributed by atoms with Crippen LogP contribution in [-0.4, -0.2) is 21.1 Å². The number of anilines is 1. The van der Waals surface area contributed by atoms with E-state index in [2.05, 4.69) is 46.5 Å². The van der Waals surface area contributed by atoms with E-state index in [0.717, 1.165) is 10.6 Å². The number of nitrogens with zero attached hydrogens (tertiary/aromatic N) is 2. The van der Waals surface area contributed by atoms with Gasteiger partial charge in [0, 0.05) is 23.4 Å². The number of hydrogen-bond acceptors (Lipinski definition) is 5. The molecule has 0 saturated carbocycles. The quantitative estimate of drug-likeness (QED) is 0.763. The van der Waals surface area contributed by atoms with Gasteiger partial charge in [-0.05, 0) is 17.5 Å². The van der Waals surface area contributed by atoms with E-state index < -0.39 is 0 Å². The average molecular weight is 340 g/mol. The highest BCUT2D eigenvalue weighted by Gasteiger charge is 2.12. The molecule has 1 amide bonds. The van der Waals surface area contributed by atoms with Crippen molar-refractivity contribution in [1.29, 1.82) is 0 Å². The number of pyridine rings is 1. The summed E-state index contributed by atoms with van der Waals surface area (Å²) in [5.74, 6) is 0.0799. The third-order valence-corrected chi connectivity index (χ3v) is 4.39. The molecule has 0 radical (unpaired) electrons. The second-order valence-corrected chi connectivity index (χ2v) is 6.56. The van der Waals surface area contributed by atoms with Crippen LogP contribution in [0.5, 0.6) is 0 Å². The lowest BCUT2D eigenvalue weighted by atomic mass is 10.0. The van der Waals surface area contributed by atoms with Crippen LogP contribution >= 0.6 is 11.3 Å². The van der Waals surface area contributed by atoms with Crippen molar-refractivity contribution >= 4 is 22.4 Å². The number of H-pyrrole nitrogens is 1. The van der Waals surface area contributed by atoms with E-state index in [-0.39, 0.29) is 17.0 Å². The van der Waals surface area contributed by atoms with E-state index in [1.807, 2.05) is 12.1 Å². The third kappa shape index (κ3) is 3.57. The molecule has 6 nitrogen and oxygen atoms in total. The fourth-order valence-electron chi connectivity index (χ4n) is 2.16. The van der Waals surface area contributed by atoms with Crippen molar-refractivity contribution in [2.24, 2.45) is 0 Å². The van der Waals surface area contributed by atoms with Gasteiger partial charge in [0.05, 0.1) is 0 Å². The first-order valence-electron chi connectivity index (χ1n) is 7.47. The van der Waals surface area contributed by atoms with Gasteiger partial charge in [-0.25, -0.2) is 0 Å². The highest BCUT2D eigenvalue weighted by Crippen LogP contribution is 2.27. The van der Waals surface area contributed by atoms with E-state index in [0.29, 0.717) is 11.0 Å². The minimum atomic E-state index is -0.390. The average Bonchev–Trinajstić information content (AvgIpc) is 3.03. The molecule has 3 rings (SSSR count). The van der Waals surface area contributed by atoms with Crippen LogP contribution < -0.4 is 10.9 Å². The van der Waals surface area contributed by atoms with E-state index in [1.54, 1.807) is 0 Å². The fourth-order valence-corrected chi connectivity index (χ4v) is 2.90. The van der Waals surface area contributed by atoms with Gasteiger partial charge < -0.3 is 4.98 Å². The maximum absolute atomic E-state index is 12.1. The molecule has 0 atom stereocenters. The summed E-state index contributed by atoms with van der Waals surface area (Å²) in [6, 6.07) is 10.9. The van der Waals surface area contributed by atoms with E-state index in [1.165, 1.54) is 35.2 Å². The number of aromatic amines is 1. The van der Waals surface area contributed by atoms with E-state index in [9.17, 15) is 9.59 Å². The van der Waals surface area contributed by atoms with Gasteiger partial charge in [0.1, 0.15) is 5.01 Å². The van der Waals surface area contributed by atoms with Crippen LogP contribution in [0.4, 0.5) is 5.13 Å². The van der Waals surface area contributed by atoms with Gasteiger partial charge in [0.25, 0.3) is 5.91 Å². The standard InChI is InChI=1S/C17H16N4O2S/c1-10(2)11-3-5-12(6-4-11)16-20-21-17(24-16)19-15(23)13-7-8-18-14(22)9-13/h3-10H,1-2H3,(H,18,22)(H,19,21,23). The molecular formula is C17H16N4O2S. The van der Waals surface area contributed by atoms with Crippen molar-refractivity contribution in [3.05, 3.63) is 64.1 Å². The Morgan fingerprint density at radius 2 is 1.92 bits per heavy atom. The van der Waals surface area contributed by atoms with Crippen molar-refractivity contribution in [2.75, 3.05) is 5.32 Å². The zero-order valence-electron chi connectivity index (χ0n) is 13.2. The Hall–Kier alpha value is -2.80. The number of carbonyl (C=O) groups is 1. The third-order valence-electron chi connectivity index (χ3n) is 3.51. The molecule has 0 aliphatic rings. The number of amides is 1. The minimum absolute atomic E-state index is 0.275.